The number of nitrogens with two attached hydrogens (primary N) is 1. The van der Waals surface area contributed by atoms with E-state index in [1.165, 1.54) is 11.8 Å². The van der Waals surface area contributed by atoms with E-state index in [4.69, 9.17) is 28.9 Å². The van der Waals surface area contributed by atoms with E-state index in [0.717, 1.165) is 17.1 Å². The average Bonchev–Trinajstić information content (AvgIpc) is 3.07. The predicted molar refractivity (Wildman–Crippen MR) is 101 cm³/mol. The first-order valence-corrected chi connectivity index (χ1v) is 9.08. The van der Waals surface area contributed by atoms with Gasteiger partial charge in [0.15, 0.2) is 5.78 Å². The summed E-state index contributed by atoms with van der Waals surface area (Å²) in [7, 11) is 0. The van der Waals surface area contributed by atoms with Gasteiger partial charge in [0, 0.05) is 32.7 Å². The Morgan fingerprint density at radius 3 is 2.52 bits per heavy atom. The fraction of sp³-hybridized carbons (Fsp3) is 0.188. The van der Waals surface area contributed by atoms with Gasteiger partial charge in [0.1, 0.15) is 0 Å². The van der Waals surface area contributed by atoms with Crippen LogP contribution in [0.3, 0.4) is 0 Å². The minimum absolute atomic E-state index is 0.0131. The molecule has 0 fully saturated rings. The molecular formula is C16H15Cl2N5OS. The van der Waals surface area contributed by atoms with Crippen LogP contribution >= 0.6 is 35.0 Å². The first-order chi connectivity index (χ1) is 11.8. The van der Waals surface area contributed by atoms with Crippen molar-refractivity contribution in [3.05, 3.63) is 51.3 Å². The molecule has 0 radical (unpaired) electrons. The summed E-state index contributed by atoms with van der Waals surface area (Å²) in [5.74, 6) is 0.435. The molecule has 0 unspecified atom stereocenters. The zero-order valence-corrected chi connectivity index (χ0v) is 15.8. The number of carbonyl (C=O) groups excluding carboxylic acids is 1. The molecule has 0 aliphatic carbocycles. The van der Waals surface area contributed by atoms with Gasteiger partial charge in [0.25, 0.3) is 0 Å². The van der Waals surface area contributed by atoms with E-state index in [1.807, 2.05) is 36.6 Å². The van der Waals surface area contributed by atoms with E-state index in [-0.39, 0.29) is 17.5 Å². The molecule has 130 valence electrons. The molecule has 2 aromatic heterocycles. The van der Waals surface area contributed by atoms with Gasteiger partial charge >= 0.3 is 0 Å². The number of nitrogens with zero attached hydrogens (tertiary/aromatic N) is 3. The third kappa shape index (κ3) is 3.84. The van der Waals surface area contributed by atoms with E-state index in [9.17, 15) is 4.79 Å². The van der Waals surface area contributed by atoms with Gasteiger partial charge in [-0.05, 0) is 38.1 Å². The Labute approximate surface area is 158 Å². The molecule has 3 rings (SSSR count). The van der Waals surface area contributed by atoms with E-state index in [1.54, 1.807) is 6.07 Å². The number of benzene rings is 1. The van der Waals surface area contributed by atoms with Crippen molar-refractivity contribution in [1.29, 1.82) is 0 Å². The molecule has 0 spiro atoms. The summed E-state index contributed by atoms with van der Waals surface area (Å²) in [5.41, 5.74) is 8.70. The van der Waals surface area contributed by atoms with Crippen LogP contribution in [0.1, 0.15) is 21.7 Å². The van der Waals surface area contributed by atoms with Crippen LogP contribution in [0.25, 0.3) is 5.69 Å². The highest BCUT2D eigenvalue weighted by Gasteiger charge is 2.18. The second kappa shape index (κ2) is 7.11. The van der Waals surface area contributed by atoms with Gasteiger partial charge in [0.05, 0.1) is 5.75 Å². The second-order valence-electron chi connectivity index (χ2n) is 5.46. The molecule has 0 saturated heterocycles. The lowest BCUT2D eigenvalue weighted by atomic mass is 10.2. The van der Waals surface area contributed by atoms with Crippen molar-refractivity contribution in [2.24, 2.45) is 0 Å². The summed E-state index contributed by atoms with van der Waals surface area (Å²) in [6.07, 6.45) is 0. The SMILES string of the molecule is Cc1cc(C(=O)CSc2n[nH]c(N)n2)c(C)n1-c1cc(Cl)cc(Cl)c1. The number of carbonyl (C=O) groups is 1. The van der Waals surface area contributed by atoms with E-state index in [2.05, 4.69) is 15.2 Å². The minimum Gasteiger partial charge on any atom is -0.368 e. The summed E-state index contributed by atoms with van der Waals surface area (Å²) in [5, 5.41) is 7.98. The molecule has 25 heavy (non-hydrogen) atoms. The highest BCUT2D eigenvalue weighted by Crippen LogP contribution is 2.27. The number of aromatic amines is 1. The van der Waals surface area contributed by atoms with Crippen LogP contribution in [0.2, 0.25) is 10.0 Å². The Morgan fingerprint density at radius 1 is 1.24 bits per heavy atom. The van der Waals surface area contributed by atoms with Crippen LogP contribution in [-0.4, -0.2) is 31.3 Å². The quantitative estimate of drug-likeness (QED) is 0.501. The number of halogens is 2. The summed E-state index contributed by atoms with van der Waals surface area (Å²) >= 11 is 13.4. The Bertz CT molecular complexity index is 930. The van der Waals surface area contributed by atoms with E-state index >= 15 is 0 Å². The molecule has 2 heterocycles. The van der Waals surface area contributed by atoms with Gasteiger partial charge in [-0.25, -0.2) is 5.10 Å². The number of aryl methyl sites for hydroxylation is 1. The highest BCUT2D eigenvalue weighted by atomic mass is 35.5. The molecule has 0 aliphatic rings. The number of Topliss-reactive ketones (excluding diaryl/α,β-unsaturated/α-hetero) is 1. The number of thioether (sulfide) groups is 1. The number of H-pyrrole nitrogens is 1. The van der Waals surface area contributed by atoms with Crippen LogP contribution < -0.4 is 5.73 Å². The standard InChI is InChI=1S/C16H15Cl2N5OS/c1-8-3-13(14(24)7-25-16-20-15(19)21-22-16)9(2)23(8)12-5-10(17)4-11(18)6-12/h3-6H,7H2,1-2H3,(H3,19,20,21,22). The van der Waals surface area contributed by atoms with Crippen molar-refractivity contribution in [3.8, 4) is 5.69 Å². The fourth-order valence-corrected chi connectivity index (χ4v) is 3.84. The molecule has 3 N–H and O–H groups in total. The van der Waals surface area contributed by atoms with Crippen molar-refractivity contribution in [1.82, 2.24) is 19.7 Å². The number of aromatic nitrogens is 4. The number of rotatable bonds is 5. The van der Waals surface area contributed by atoms with Gasteiger partial charge in [-0.1, -0.05) is 35.0 Å². The summed E-state index contributed by atoms with van der Waals surface area (Å²) in [6.45, 7) is 3.83. The second-order valence-corrected chi connectivity index (χ2v) is 7.28. The van der Waals surface area contributed by atoms with Gasteiger partial charge in [-0.3, -0.25) is 4.79 Å². The molecular weight excluding hydrogens is 381 g/mol. The predicted octanol–water partition coefficient (Wildman–Crippen LogP) is 4.08. The number of anilines is 1. The topological polar surface area (TPSA) is 89.6 Å². The van der Waals surface area contributed by atoms with Gasteiger partial charge in [0.2, 0.25) is 11.1 Å². The molecule has 3 aromatic rings. The maximum absolute atomic E-state index is 12.6. The van der Waals surface area contributed by atoms with E-state index < -0.39 is 0 Å². The summed E-state index contributed by atoms with van der Waals surface area (Å²) in [4.78, 5) is 16.6. The first kappa shape index (κ1) is 17.8. The van der Waals surface area contributed by atoms with Crippen molar-refractivity contribution >= 4 is 46.7 Å². The van der Waals surface area contributed by atoms with Gasteiger partial charge < -0.3 is 10.3 Å². The normalized spacial score (nSPS) is 11.0. The lowest BCUT2D eigenvalue weighted by Gasteiger charge is -2.11. The molecule has 0 amide bonds. The molecule has 0 saturated carbocycles. The number of hydrogen-bond acceptors (Lipinski definition) is 5. The summed E-state index contributed by atoms with van der Waals surface area (Å²) in [6, 6.07) is 7.16. The minimum atomic E-state index is -0.0131. The average molecular weight is 396 g/mol. The van der Waals surface area contributed by atoms with Crippen molar-refractivity contribution in [2.45, 2.75) is 19.0 Å². The third-order valence-corrected chi connectivity index (χ3v) is 4.94. The maximum Gasteiger partial charge on any atom is 0.216 e. The zero-order valence-electron chi connectivity index (χ0n) is 13.5. The monoisotopic (exact) mass is 395 g/mol. The number of hydrogen-bond donors (Lipinski definition) is 2. The Morgan fingerprint density at radius 2 is 1.92 bits per heavy atom. The van der Waals surface area contributed by atoms with Crippen LogP contribution in [0.5, 0.6) is 0 Å². The fourth-order valence-electron chi connectivity index (χ4n) is 2.64. The third-order valence-electron chi connectivity index (χ3n) is 3.65. The van der Waals surface area contributed by atoms with Crippen molar-refractivity contribution in [3.63, 3.8) is 0 Å². The largest absolute Gasteiger partial charge is 0.368 e. The lowest BCUT2D eigenvalue weighted by molar-refractivity contribution is 0.102. The molecule has 0 aliphatic heterocycles. The first-order valence-electron chi connectivity index (χ1n) is 7.34. The number of ketones is 1. The molecule has 6 nitrogen and oxygen atoms in total. The summed E-state index contributed by atoms with van der Waals surface area (Å²) < 4.78 is 1.96. The number of nitrogens with one attached hydrogen (secondary N) is 1. The van der Waals surface area contributed by atoms with Gasteiger partial charge in [-0.15, -0.1) is 5.10 Å². The molecule has 9 heteroatoms. The zero-order chi connectivity index (χ0) is 18.1. The van der Waals surface area contributed by atoms with E-state index in [0.29, 0.717) is 20.8 Å². The van der Waals surface area contributed by atoms with Crippen LogP contribution in [0.4, 0.5) is 5.95 Å². The highest BCUT2D eigenvalue weighted by molar-refractivity contribution is 7.99. The Kier molecular flexibility index (Phi) is 5.08. The van der Waals surface area contributed by atoms with Crippen LogP contribution in [-0.2, 0) is 0 Å². The Balaban J connectivity index is 1.87. The van der Waals surface area contributed by atoms with Crippen LogP contribution in [0.15, 0.2) is 29.4 Å². The van der Waals surface area contributed by atoms with Gasteiger partial charge in [-0.2, -0.15) is 4.98 Å². The molecule has 1 aromatic carbocycles. The lowest BCUT2D eigenvalue weighted by Crippen LogP contribution is -2.06. The van der Waals surface area contributed by atoms with Crippen molar-refractivity contribution in [2.75, 3.05) is 11.5 Å². The van der Waals surface area contributed by atoms with Crippen molar-refractivity contribution < 1.29 is 4.79 Å². The van der Waals surface area contributed by atoms with Crippen LogP contribution in [0, 0.1) is 13.8 Å². The maximum atomic E-state index is 12.6. The molecule has 0 atom stereocenters. The Hall–Kier alpha value is -1.96. The smallest absolute Gasteiger partial charge is 0.216 e. The molecule has 0 bridgehead atoms. The number of nitrogen functional groups attached to an aromatic ring is 1.